The standard InChI is InChI=1S/C12H19NO.CH4/c1-12(2,3)9-13-10-6-5-7-11(8-10)14-4;/h5-8,13H,9H2,1-4H3;1H4. The Kier molecular flexibility index (Phi) is 5.20. The average Bonchev–Trinajstić information content (AvgIpc) is 2.14. The van der Waals surface area contributed by atoms with Crippen LogP contribution in [0.4, 0.5) is 5.69 Å². The smallest absolute Gasteiger partial charge is 0.120 e. The minimum atomic E-state index is 0. The number of methoxy groups -OCH3 is 1. The molecule has 15 heavy (non-hydrogen) atoms. The van der Waals surface area contributed by atoms with Crippen LogP contribution in [0.3, 0.4) is 0 Å². The Bertz CT molecular complexity index is 289. The third-order valence-electron chi connectivity index (χ3n) is 1.89. The molecule has 1 aromatic carbocycles. The molecule has 0 saturated carbocycles. The summed E-state index contributed by atoms with van der Waals surface area (Å²) in [4.78, 5) is 0. The van der Waals surface area contributed by atoms with Gasteiger partial charge in [-0.15, -0.1) is 0 Å². The number of benzene rings is 1. The molecule has 1 aromatic rings. The molecule has 2 nitrogen and oxygen atoms in total. The van der Waals surface area contributed by atoms with Gasteiger partial charge in [-0.1, -0.05) is 34.3 Å². The van der Waals surface area contributed by atoms with Crippen molar-refractivity contribution in [3.05, 3.63) is 24.3 Å². The van der Waals surface area contributed by atoms with Gasteiger partial charge >= 0.3 is 0 Å². The van der Waals surface area contributed by atoms with Crippen LogP contribution in [0.5, 0.6) is 5.75 Å². The molecule has 1 rings (SSSR count). The first-order chi connectivity index (χ1) is 6.51. The largest absolute Gasteiger partial charge is 0.497 e. The van der Waals surface area contributed by atoms with E-state index < -0.39 is 0 Å². The zero-order valence-electron chi connectivity index (χ0n) is 9.42. The molecule has 0 aliphatic carbocycles. The fourth-order valence-electron chi connectivity index (χ4n) is 1.10. The second kappa shape index (κ2) is 5.64. The first-order valence-electron chi connectivity index (χ1n) is 4.89. The lowest BCUT2D eigenvalue weighted by Gasteiger charge is -2.19. The number of hydrogen-bond donors (Lipinski definition) is 1. The topological polar surface area (TPSA) is 21.3 Å². The maximum Gasteiger partial charge on any atom is 0.120 e. The average molecular weight is 209 g/mol. The van der Waals surface area contributed by atoms with E-state index in [1.54, 1.807) is 7.11 Å². The van der Waals surface area contributed by atoms with Crippen LogP contribution in [0.1, 0.15) is 28.2 Å². The minimum absolute atomic E-state index is 0. The Morgan fingerprint density at radius 1 is 1.27 bits per heavy atom. The Labute approximate surface area is 93.7 Å². The van der Waals surface area contributed by atoms with Crippen molar-refractivity contribution < 1.29 is 4.74 Å². The van der Waals surface area contributed by atoms with Crippen LogP contribution in [0, 0.1) is 5.41 Å². The van der Waals surface area contributed by atoms with E-state index in [1.807, 2.05) is 24.3 Å². The van der Waals surface area contributed by atoms with Crippen molar-refractivity contribution >= 4 is 5.69 Å². The molecule has 0 unspecified atom stereocenters. The van der Waals surface area contributed by atoms with Crippen molar-refractivity contribution in [1.29, 1.82) is 0 Å². The maximum absolute atomic E-state index is 5.15. The number of rotatable bonds is 3. The van der Waals surface area contributed by atoms with Gasteiger partial charge in [0.05, 0.1) is 7.11 Å². The van der Waals surface area contributed by atoms with E-state index in [4.69, 9.17) is 4.74 Å². The Morgan fingerprint density at radius 2 is 1.93 bits per heavy atom. The summed E-state index contributed by atoms with van der Waals surface area (Å²) in [6.45, 7) is 7.58. The second-order valence-corrected chi connectivity index (χ2v) is 4.65. The highest BCUT2D eigenvalue weighted by molar-refractivity contribution is 5.48. The summed E-state index contributed by atoms with van der Waals surface area (Å²) in [6.07, 6.45) is 0. The number of hydrogen-bond acceptors (Lipinski definition) is 2. The van der Waals surface area contributed by atoms with Gasteiger partial charge in [-0.05, 0) is 17.5 Å². The highest BCUT2D eigenvalue weighted by atomic mass is 16.5. The van der Waals surface area contributed by atoms with Crippen molar-refractivity contribution in [2.75, 3.05) is 19.0 Å². The molecule has 0 amide bonds. The van der Waals surface area contributed by atoms with Crippen LogP contribution in [0.25, 0.3) is 0 Å². The van der Waals surface area contributed by atoms with Crippen LogP contribution < -0.4 is 10.1 Å². The van der Waals surface area contributed by atoms with E-state index in [1.165, 1.54) is 0 Å². The molecule has 0 saturated heterocycles. The molecule has 86 valence electrons. The maximum atomic E-state index is 5.15. The third kappa shape index (κ3) is 5.31. The van der Waals surface area contributed by atoms with E-state index in [0.29, 0.717) is 5.41 Å². The molecule has 0 bridgehead atoms. The van der Waals surface area contributed by atoms with E-state index in [-0.39, 0.29) is 7.43 Å². The Hall–Kier alpha value is -1.18. The molecule has 0 fully saturated rings. The molecular weight excluding hydrogens is 186 g/mol. The fourth-order valence-corrected chi connectivity index (χ4v) is 1.10. The van der Waals surface area contributed by atoms with Gasteiger partial charge in [0.2, 0.25) is 0 Å². The quantitative estimate of drug-likeness (QED) is 0.817. The first-order valence-corrected chi connectivity index (χ1v) is 4.89. The van der Waals surface area contributed by atoms with Gasteiger partial charge in [0.25, 0.3) is 0 Å². The highest BCUT2D eigenvalue weighted by Gasteiger charge is 2.09. The van der Waals surface area contributed by atoms with Gasteiger partial charge in [0.1, 0.15) is 5.75 Å². The summed E-state index contributed by atoms with van der Waals surface area (Å²) in [5.74, 6) is 0.893. The zero-order chi connectivity index (χ0) is 10.6. The lowest BCUT2D eigenvalue weighted by Crippen LogP contribution is -2.18. The number of ether oxygens (including phenoxy) is 1. The van der Waals surface area contributed by atoms with E-state index in [2.05, 4.69) is 26.1 Å². The van der Waals surface area contributed by atoms with Gasteiger partial charge in [0.15, 0.2) is 0 Å². The first kappa shape index (κ1) is 13.8. The monoisotopic (exact) mass is 209 g/mol. The van der Waals surface area contributed by atoms with E-state index >= 15 is 0 Å². The molecule has 0 aliphatic rings. The van der Waals surface area contributed by atoms with Crippen LogP contribution in [0.2, 0.25) is 0 Å². The SMILES string of the molecule is C.COc1cccc(NCC(C)(C)C)c1. The van der Waals surface area contributed by atoms with Gasteiger partial charge in [-0.25, -0.2) is 0 Å². The van der Waals surface area contributed by atoms with Crippen LogP contribution in [0.15, 0.2) is 24.3 Å². The van der Waals surface area contributed by atoms with Crippen LogP contribution in [-0.2, 0) is 0 Å². The molecule has 0 aliphatic heterocycles. The van der Waals surface area contributed by atoms with Crippen molar-refractivity contribution in [1.82, 2.24) is 0 Å². The molecule has 0 heterocycles. The molecule has 0 aromatic heterocycles. The summed E-state index contributed by atoms with van der Waals surface area (Å²) in [5.41, 5.74) is 1.41. The predicted molar refractivity (Wildman–Crippen MR) is 67.7 cm³/mol. The molecular formula is C13H23NO. The van der Waals surface area contributed by atoms with E-state index in [0.717, 1.165) is 18.0 Å². The Balaban J connectivity index is 0.00000196. The summed E-state index contributed by atoms with van der Waals surface area (Å²) in [7, 11) is 1.68. The van der Waals surface area contributed by atoms with Crippen molar-refractivity contribution in [3.8, 4) is 5.75 Å². The predicted octanol–water partition coefficient (Wildman–Crippen LogP) is 3.79. The van der Waals surface area contributed by atoms with Crippen LogP contribution >= 0.6 is 0 Å². The van der Waals surface area contributed by atoms with Gasteiger partial charge in [-0.3, -0.25) is 0 Å². The highest BCUT2D eigenvalue weighted by Crippen LogP contribution is 2.19. The summed E-state index contributed by atoms with van der Waals surface area (Å²) in [6, 6.07) is 7.99. The van der Waals surface area contributed by atoms with Crippen molar-refractivity contribution in [2.45, 2.75) is 28.2 Å². The molecule has 0 spiro atoms. The van der Waals surface area contributed by atoms with Gasteiger partial charge < -0.3 is 10.1 Å². The molecule has 0 atom stereocenters. The number of anilines is 1. The number of nitrogens with one attached hydrogen (secondary N) is 1. The second-order valence-electron chi connectivity index (χ2n) is 4.65. The lowest BCUT2D eigenvalue weighted by molar-refractivity contribution is 0.414. The zero-order valence-corrected chi connectivity index (χ0v) is 9.42. The Morgan fingerprint density at radius 3 is 2.47 bits per heavy atom. The van der Waals surface area contributed by atoms with Crippen molar-refractivity contribution in [3.63, 3.8) is 0 Å². The van der Waals surface area contributed by atoms with Gasteiger partial charge in [-0.2, -0.15) is 0 Å². The minimum Gasteiger partial charge on any atom is -0.497 e. The molecule has 2 heteroatoms. The lowest BCUT2D eigenvalue weighted by atomic mass is 9.97. The third-order valence-corrected chi connectivity index (χ3v) is 1.89. The molecule has 1 N–H and O–H groups in total. The normalized spacial score (nSPS) is 10.4. The fraction of sp³-hybridized carbons (Fsp3) is 0.538. The van der Waals surface area contributed by atoms with Gasteiger partial charge in [0, 0.05) is 18.3 Å². The summed E-state index contributed by atoms with van der Waals surface area (Å²) < 4.78 is 5.15. The van der Waals surface area contributed by atoms with Crippen LogP contribution in [-0.4, -0.2) is 13.7 Å². The van der Waals surface area contributed by atoms with Crippen molar-refractivity contribution in [2.24, 2.45) is 5.41 Å². The van der Waals surface area contributed by atoms with E-state index in [9.17, 15) is 0 Å². The summed E-state index contributed by atoms with van der Waals surface area (Å²) in [5, 5.41) is 3.38. The summed E-state index contributed by atoms with van der Waals surface area (Å²) >= 11 is 0. The molecule has 0 radical (unpaired) electrons.